The van der Waals surface area contributed by atoms with Crippen LogP contribution in [0.2, 0.25) is 0 Å². The second-order valence-corrected chi connectivity index (χ2v) is 4.19. The van der Waals surface area contributed by atoms with E-state index in [-0.39, 0.29) is 13.0 Å². The van der Waals surface area contributed by atoms with Crippen molar-refractivity contribution in [2.24, 2.45) is 5.73 Å². The number of nitrogens with two attached hydrogens (primary N) is 1. The van der Waals surface area contributed by atoms with Gasteiger partial charge < -0.3 is 10.8 Å². The third-order valence-electron chi connectivity index (χ3n) is 2.22. The number of hydrogen-bond donors (Lipinski definition) is 2. The minimum absolute atomic E-state index is 0.202. The van der Waals surface area contributed by atoms with Gasteiger partial charge in [-0.1, -0.05) is 18.2 Å². The number of benzene rings is 1. The van der Waals surface area contributed by atoms with Gasteiger partial charge in [-0.15, -0.1) is 0 Å². The summed E-state index contributed by atoms with van der Waals surface area (Å²) in [5, 5.41) is 8.94. The molecular formula is C11H14F3NO. The van der Waals surface area contributed by atoms with Gasteiger partial charge in [0.15, 0.2) is 0 Å². The van der Waals surface area contributed by atoms with Gasteiger partial charge in [-0.05, 0) is 25.0 Å². The van der Waals surface area contributed by atoms with E-state index < -0.39 is 17.3 Å². The van der Waals surface area contributed by atoms with Gasteiger partial charge in [0.05, 0.1) is 12.2 Å². The summed E-state index contributed by atoms with van der Waals surface area (Å²) in [7, 11) is 0. The van der Waals surface area contributed by atoms with Gasteiger partial charge >= 0.3 is 6.18 Å². The molecule has 1 rings (SSSR count). The van der Waals surface area contributed by atoms with E-state index in [1.165, 1.54) is 6.07 Å². The van der Waals surface area contributed by atoms with Crippen LogP contribution in [-0.4, -0.2) is 17.3 Å². The molecule has 0 bridgehead atoms. The molecule has 16 heavy (non-hydrogen) atoms. The Kier molecular flexibility index (Phi) is 3.60. The number of hydrogen-bond acceptors (Lipinski definition) is 2. The molecule has 0 fully saturated rings. The molecule has 3 N–H and O–H groups in total. The quantitative estimate of drug-likeness (QED) is 0.838. The summed E-state index contributed by atoms with van der Waals surface area (Å²) in [5.74, 6) is 0. The fraction of sp³-hybridized carbons (Fsp3) is 0.455. The highest BCUT2D eigenvalue weighted by Gasteiger charge is 2.30. The van der Waals surface area contributed by atoms with E-state index in [4.69, 9.17) is 10.8 Å². The molecule has 2 nitrogen and oxygen atoms in total. The molecule has 90 valence electrons. The molecular weight excluding hydrogens is 219 g/mol. The predicted molar refractivity (Wildman–Crippen MR) is 54.8 cm³/mol. The monoisotopic (exact) mass is 233 g/mol. The molecule has 0 radical (unpaired) electrons. The van der Waals surface area contributed by atoms with Gasteiger partial charge in [0.2, 0.25) is 0 Å². The summed E-state index contributed by atoms with van der Waals surface area (Å²) in [6.07, 6.45) is -4.15. The van der Waals surface area contributed by atoms with E-state index >= 15 is 0 Å². The van der Waals surface area contributed by atoms with Crippen LogP contribution in [-0.2, 0) is 12.6 Å². The molecule has 0 saturated carbocycles. The first-order chi connectivity index (χ1) is 7.24. The van der Waals surface area contributed by atoms with Crippen LogP contribution >= 0.6 is 0 Å². The number of aliphatic hydroxyl groups excluding tert-OH is 1. The first-order valence-corrected chi connectivity index (χ1v) is 4.80. The maximum absolute atomic E-state index is 12.4. The normalized spacial score (nSPS) is 15.9. The minimum Gasteiger partial charge on any atom is -0.394 e. The molecule has 1 aromatic rings. The molecule has 0 spiro atoms. The van der Waals surface area contributed by atoms with Crippen molar-refractivity contribution >= 4 is 0 Å². The topological polar surface area (TPSA) is 46.2 Å². The predicted octanol–water partition coefficient (Wildman–Crippen LogP) is 1.96. The summed E-state index contributed by atoms with van der Waals surface area (Å²) in [4.78, 5) is 0. The molecule has 0 aliphatic carbocycles. The van der Waals surface area contributed by atoms with Gasteiger partial charge in [0, 0.05) is 5.54 Å². The van der Waals surface area contributed by atoms with E-state index in [9.17, 15) is 13.2 Å². The Labute approximate surface area is 91.9 Å². The van der Waals surface area contributed by atoms with E-state index in [0.717, 1.165) is 12.1 Å². The van der Waals surface area contributed by atoms with Crippen molar-refractivity contribution in [1.82, 2.24) is 0 Å². The van der Waals surface area contributed by atoms with E-state index in [0.29, 0.717) is 5.56 Å². The highest BCUT2D eigenvalue weighted by atomic mass is 19.4. The average molecular weight is 233 g/mol. The van der Waals surface area contributed by atoms with Crippen molar-refractivity contribution in [1.29, 1.82) is 0 Å². The molecule has 1 aromatic carbocycles. The van der Waals surface area contributed by atoms with Crippen molar-refractivity contribution in [2.45, 2.75) is 25.1 Å². The van der Waals surface area contributed by atoms with Crippen LogP contribution in [0.5, 0.6) is 0 Å². The van der Waals surface area contributed by atoms with Crippen molar-refractivity contribution in [3.63, 3.8) is 0 Å². The zero-order valence-corrected chi connectivity index (χ0v) is 8.88. The Hall–Kier alpha value is -1.07. The van der Waals surface area contributed by atoms with Gasteiger partial charge in [-0.2, -0.15) is 13.2 Å². The third-order valence-corrected chi connectivity index (χ3v) is 2.22. The number of aliphatic hydroxyl groups is 1. The lowest BCUT2D eigenvalue weighted by Crippen LogP contribution is -2.42. The summed E-state index contributed by atoms with van der Waals surface area (Å²) in [5.41, 5.74) is 4.55. The molecule has 0 aliphatic rings. The first-order valence-electron chi connectivity index (χ1n) is 4.80. The lowest BCUT2D eigenvalue weighted by molar-refractivity contribution is -0.137. The fourth-order valence-electron chi connectivity index (χ4n) is 1.38. The minimum atomic E-state index is -4.35. The van der Waals surface area contributed by atoms with Crippen LogP contribution in [0, 0.1) is 0 Å². The highest BCUT2D eigenvalue weighted by molar-refractivity contribution is 5.27. The van der Waals surface area contributed by atoms with Crippen LogP contribution in [0.4, 0.5) is 13.2 Å². The number of alkyl halides is 3. The lowest BCUT2D eigenvalue weighted by atomic mass is 9.94. The number of halogens is 3. The largest absolute Gasteiger partial charge is 0.416 e. The second kappa shape index (κ2) is 4.43. The van der Waals surface area contributed by atoms with E-state index in [1.54, 1.807) is 13.0 Å². The Morgan fingerprint density at radius 2 is 1.94 bits per heavy atom. The van der Waals surface area contributed by atoms with Crippen LogP contribution < -0.4 is 5.73 Å². The van der Waals surface area contributed by atoms with Crippen molar-refractivity contribution in [3.8, 4) is 0 Å². The van der Waals surface area contributed by atoms with Crippen molar-refractivity contribution in [3.05, 3.63) is 35.4 Å². The van der Waals surface area contributed by atoms with Crippen LogP contribution in [0.15, 0.2) is 24.3 Å². The third kappa shape index (κ3) is 3.50. The smallest absolute Gasteiger partial charge is 0.394 e. The van der Waals surface area contributed by atoms with E-state index in [1.807, 2.05) is 0 Å². The standard InChI is InChI=1S/C11H14F3NO/c1-10(15,7-16)6-8-3-2-4-9(5-8)11(12,13)14/h2-5,16H,6-7,15H2,1H3. The van der Waals surface area contributed by atoms with Gasteiger partial charge in [0.25, 0.3) is 0 Å². The van der Waals surface area contributed by atoms with Crippen molar-refractivity contribution < 1.29 is 18.3 Å². The highest BCUT2D eigenvalue weighted by Crippen LogP contribution is 2.30. The van der Waals surface area contributed by atoms with Crippen LogP contribution in [0.25, 0.3) is 0 Å². The molecule has 1 atom stereocenters. The number of rotatable bonds is 3. The van der Waals surface area contributed by atoms with Gasteiger partial charge in [-0.3, -0.25) is 0 Å². The fourth-order valence-corrected chi connectivity index (χ4v) is 1.38. The molecule has 0 aromatic heterocycles. The van der Waals surface area contributed by atoms with E-state index in [2.05, 4.69) is 0 Å². The summed E-state index contributed by atoms with van der Waals surface area (Å²) in [6.45, 7) is 1.32. The van der Waals surface area contributed by atoms with Crippen LogP contribution in [0.1, 0.15) is 18.1 Å². The molecule has 1 unspecified atom stereocenters. The maximum atomic E-state index is 12.4. The molecule has 0 heterocycles. The Morgan fingerprint density at radius 3 is 2.44 bits per heavy atom. The molecule has 0 saturated heterocycles. The SMILES string of the molecule is CC(N)(CO)Cc1cccc(C(F)(F)F)c1. The van der Waals surface area contributed by atoms with Crippen LogP contribution in [0.3, 0.4) is 0 Å². The Balaban J connectivity index is 2.92. The van der Waals surface area contributed by atoms with Gasteiger partial charge in [0.1, 0.15) is 0 Å². The molecule has 5 heteroatoms. The summed E-state index contributed by atoms with van der Waals surface area (Å²) >= 11 is 0. The summed E-state index contributed by atoms with van der Waals surface area (Å²) < 4.78 is 37.2. The Bertz CT molecular complexity index is 360. The lowest BCUT2D eigenvalue weighted by Gasteiger charge is -2.22. The average Bonchev–Trinajstić information content (AvgIpc) is 2.16. The Morgan fingerprint density at radius 1 is 1.31 bits per heavy atom. The molecule has 0 amide bonds. The zero-order valence-electron chi connectivity index (χ0n) is 8.88. The first kappa shape index (κ1) is 13.0. The molecule has 0 aliphatic heterocycles. The van der Waals surface area contributed by atoms with Gasteiger partial charge in [-0.25, -0.2) is 0 Å². The van der Waals surface area contributed by atoms with Crippen molar-refractivity contribution in [2.75, 3.05) is 6.61 Å². The zero-order chi connectivity index (χ0) is 12.4. The second-order valence-electron chi connectivity index (χ2n) is 4.19. The maximum Gasteiger partial charge on any atom is 0.416 e. The summed E-state index contributed by atoms with van der Waals surface area (Å²) in [6, 6.07) is 4.97.